The third kappa shape index (κ3) is 2.82. The summed E-state index contributed by atoms with van der Waals surface area (Å²) in [6.07, 6.45) is 2.62. The number of hydrogen-bond acceptors (Lipinski definition) is 6. The molecule has 0 aliphatic rings. The van der Waals surface area contributed by atoms with Crippen LogP contribution >= 0.6 is 0 Å². The van der Waals surface area contributed by atoms with Crippen molar-refractivity contribution in [2.45, 2.75) is 0 Å². The zero-order valence-electron chi connectivity index (χ0n) is 13.1. The topological polar surface area (TPSA) is 100 Å². The van der Waals surface area contributed by atoms with E-state index in [2.05, 4.69) is 15.4 Å². The number of nitrogens with zero attached hydrogens (tertiary/aromatic N) is 4. The molecule has 0 unspecified atom stereocenters. The van der Waals surface area contributed by atoms with Gasteiger partial charge in [-0.15, -0.1) is 0 Å². The van der Waals surface area contributed by atoms with Crippen LogP contribution in [0.25, 0.3) is 16.7 Å². The highest BCUT2D eigenvalue weighted by Crippen LogP contribution is 2.17. The first-order valence-electron chi connectivity index (χ1n) is 7.12. The Hall–Kier alpha value is -3.26. The molecule has 0 bridgehead atoms. The Morgan fingerprint density at radius 1 is 1.25 bits per heavy atom. The maximum Gasteiger partial charge on any atom is 0.341 e. The lowest BCUT2D eigenvalue weighted by atomic mass is 10.2. The first-order valence-corrected chi connectivity index (χ1v) is 7.12. The maximum atomic E-state index is 12.4. The Kier molecular flexibility index (Phi) is 3.97. The van der Waals surface area contributed by atoms with E-state index in [-0.39, 0.29) is 10.9 Å². The van der Waals surface area contributed by atoms with Crippen LogP contribution in [0.4, 0.5) is 5.95 Å². The molecule has 0 radical (unpaired) electrons. The highest BCUT2D eigenvalue weighted by atomic mass is 16.4. The van der Waals surface area contributed by atoms with Gasteiger partial charge in [0.1, 0.15) is 5.56 Å². The number of carboxylic acids is 1. The van der Waals surface area contributed by atoms with Crippen LogP contribution in [0.1, 0.15) is 10.4 Å². The van der Waals surface area contributed by atoms with Gasteiger partial charge < -0.3 is 9.67 Å². The third-order valence-corrected chi connectivity index (χ3v) is 3.33. The maximum absolute atomic E-state index is 12.4. The number of aromatic nitrogens is 3. The fourth-order valence-corrected chi connectivity index (χ4v) is 2.30. The monoisotopic (exact) mass is 325 g/mol. The summed E-state index contributed by atoms with van der Waals surface area (Å²) in [4.78, 5) is 32.2. The summed E-state index contributed by atoms with van der Waals surface area (Å²) in [6, 6.07) is 9.09. The Morgan fingerprint density at radius 3 is 2.58 bits per heavy atom. The Balaban J connectivity index is 2.35. The minimum Gasteiger partial charge on any atom is -0.477 e. The Labute approximate surface area is 137 Å². The molecule has 3 rings (SSSR count). The van der Waals surface area contributed by atoms with Gasteiger partial charge in [-0.3, -0.25) is 10.2 Å². The quantitative estimate of drug-likeness (QED) is 0.699. The highest BCUT2D eigenvalue weighted by molar-refractivity contribution is 5.92. The molecule has 24 heavy (non-hydrogen) atoms. The van der Waals surface area contributed by atoms with E-state index >= 15 is 0 Å². The summed E-state index contributed by atoms with van der Waals surface area (Å²) in [5.41, 5.74) is 2.99. The smallest absolute Gasteiger partial charge is 0.341 e. The normalized spacial score (nSPS) is 11.0. The van der Waals surface area contributed by atoms with E-state index in [1.165, 1.54) is 12.4 Å². The number of fused-ring (bicyclic) bond motifs is 1. The van der Waals surface area contributed by atoms with E-state index in [0.29, 0.717) is 17.3 Å². The fraction of sp³-hybridized carbons (Fsp3) is 0.125. The largest absolute Gasteiger partial charge is 0.477 e. The zero-order valence-corrected chi connectivity index (χ0v) is 13.1. The fourth-order valence-electron chi connectivity index (χ4n) is 2.30. The van der Waals surface area contributed by atoms with Gasteiger partial charge in [-0.2, -0.15) is 4.98 Å². The molecule has 0 aliphatic heterocycles. The van der Waals surface area contributed by atoms with Crippen molar-refractivity contribution in [1.29, 1.82) is 0 Å². The number of nitrogens with one attached hydrogen (secondary N) is 1. The van der Waals surface area contributed by atoms with Crippen LogP contribution in [0.3, 0.4) is 0 Å². The molecule has 2 N–H and O–H groups in total. The summed E-state index contributed by atoms with van der Waals surface area (Å²) in [5, 5.41) is 11.1. The number of aromatic carboxylic acids is 1. The molecule has 0 fully saturated rings. The minimum atomic E-state index is -1.29. The van der Waals surface area contributed by atoms with Crippen LogP contribution in [-0.2, 0) is 0 Å². The second kappa shape index (κ2) is 6.09. The summed E-state index contributed by atoms with van der Waals surface area (Å²) in [5.74, 6) is -0.985. The molecular weight excluding hydrogens is 310 g/mol. The zero-order chi connectivity index (χ0) is 17.3. The summed E-state index contributed by atoms with van der Waals surface area (Å²) < 4.78 is 1.57. The van der Waals surface area contributed by atoms with Gasteiger partial charge in [-0.25, -0.2) is 14.8 Å². The molecule has 0 spiro atoms. The first-order chi connectivity index (χ1) is 11.5. The predicted octanol–water partition coefficient (Wildman–Crippen LogP) is 1.37. The van der Waals surface area contributed by atoms with Gasteiger partial charge in [-0.05, 0) is 12.1 Å². The Bertz CT molecular complexity index is 967. The van der Waals surface area contributed by atoms with Gasteiger partial charge in [0.05, 0.1) is 5.39 Å². The van der Waals surface area contributed by atoms with Gasteiger partial charge in [0.25, 0.3) is 0 Å². The molecule has 3 aromatic rings. The van der Waals surface area contributed by atoms with Gasteiger partial charge >= 0.3 is 5.97 Å². The molecule has 2 heterocycles. The molecule has 0 saturated carbocycles. The van der Waals surface area contributed by atoms with Gasteiger partial charge in [-0.1, -0.05) is 18.2 Å². The highest BCUT2D eigenvalue weighted by Gasteiger charge is 2.17. The molecule has 0 atom stereocenters. The van der Waals surface area contributed by atoms with Crippen LogP contribution in [0.2, 0.25) is 0 Å². The van der Waals surface area contributed by atoms with Crippen LogP contribution < -0.4 is 10.9 Å². The Morgan fingerprint density at radius 2 is 1.96 bits per heavy atom. The number of anilines is 1. The molecule has 0 amide bonds. The van der Waals surface area contributed by atoms with Crippen LogP contribution in [0.5, 0.6) is 0 Å². The number of hydrazine groups is 1. The molecular formula is C16H15N5O3. The number of carboxylic acid groups (broad SMARTS) is 1. The van der Waals surface area contributed by atoms with Crippen molar-refractivity contribution in [2.24, 2.45) is 0 Å². The van der Waals surface area contributed by atoms with Gasteiger partial charge in [0.15, 0.2) is 5.65 Å². The van der Waals surface area contributed by atoms with Crippen molar-refractivity contribution in [1.82, 2.24) is 19.5 Å². The number of hydrogen-bond donors (Lipinski definition) is 2. The second-order valence-corrected chi connectivity index (χ2v) is 5.32. The second-order valence-electron chi connectivity index (χ2n) is 5.32. The number of benzene rings is 1. The van der Waals surface area contributed by atoms with Crippen molar-refractivity contribution in [2.75, 3.05) is 19.5 Å². The average Bonchev–Trinajstić information content (AvgIpc) is 2.55. The van der Waals surface area contributed by atoms with E-state index in [4.69, 9.17) is 0 Å². The van der Waals surface area contributed by atoms with Crippen LogP contribution in [0, 0.1) is 0 Å². The van der Waals surface area contributed by atoms with Crippen molar-refractivity contribution in [3.8, 4) is 5.69 Å². The number of carbonyl (C=O) groups is 1. The SMILES string of the molecule is CN(C)Nc1ncc2c(=O)c(C(=O)O)cn(-c3ccccc3)c2n1. The van der Waals surface area contributed by atoms with Gasteiger partial charge in [0.2, 0.25) is 11.4 Å². The minimum absolute atomic E-state index is 0.142. The lowest BCUT2D eigenvalue weighted by Crippen LogP contribution is -2.23. The summed E-state index contributed by atoms with van der Waals surface area (Å²) >= 11 is 0. The van der Waals surface area contributed by atoms with Crippen molar-refractivity contribution < 1.29 is 9.90 Å². The van der Waals surface area contributed by atoms with Gasteiger partial charge in [0, 0.05) is 32.2 Å². The van der Waals surface area contributed by atoms with Crippen LogP contribution in [0.15, 0.2) is 47.5 Å². The molecule has 8 heteroatoms. The van der Waals surface area contributed by atoms with Crippen LogP contribution in [-0.4, -0.2) is 44.7 Å². The number of para-hydroxylation sites is 1. The molecule has 0 saturated heterocycles. The molecule has 0 aliphatic carbocycles. The summed E-state index contributed by atoms with van der Waals surface area (Å²) in [6.45, 7) is 0. The number of pyridine rings is 1. The molecule has 1 aromatic carbocycles. The standard InChI is InChI=1S/C16H15N5O3/c1-20(2)19-16-17-8-11-13(22)12(15(23)24)9-21(14(11)18-16)10-6-4-3-5-7-10/h3-9H,1-2H3,(H,23,24)(H,17,18,19). The van der Waals surface area contributed by atoms with E-state index in [0.717, 1.165) is 0 Å². The molecule has 8 nitrogen and oxygen atoms in total. The van der Waals surface area contributed by atoms with E-state index < -0.39 is 11.4 Å². The lowest BCUT2D eigenvalue weighted by molar-refractivity contribution is 0.0695. The van der Waals surface area contributed by atoms with E-state index in [9.17, 15) is 14.7 Å². The summed E-state index contributed by atoms with van der Waals surface area (Å²) in [7, 11) is 3.57. The van der Waals surface area contributed by atoms with Crippen molar-refractivity contribution in [3.63, 3.8) is 0 Å². The average molecular weight is 325 g/mol. The number of rotatable bonds is 4. The van der Waals surface area contributed by atoms with E-state index in [1.54, 1.807) is 35.8 Å². The van der Waals surface area contributed by atoms with Crippen molar-refractivity contribution >= 4 is 23.0 Å². The van der Waals surface area contributed by atoms with Crippen molar-refractivity contribution in [3.05, 3.63) is 58.5 Å². The molecule has 122 valence electrons. The van der Waals surface area contributed by atoms with E-state index in [1.807, 2.05) is 18.2 Å². The first kappa shape index (κ1) is 15.6. The molecule has 2 aromatic heterocycles. The predicted molar refractivity (Wildman–Crippen MR) is 89.4 cm³/mol. The lowest BCUT2D eigenvalue weighted by Gasteiger charge is -2.14. The third-order valence-electron chi connectivity index (χ3n) is 3.33.